The van der Waals surface area contributed by atoms with Crippen LogP contribution in [-0.2, 0) is 0 Å². The van der Waals surface area contributed by atoms with Crippen molar-refractivity contribution in [3.8, 4) is 0 Å². The molecule has 3 nitrogen and oxygen atoms in total. The molecule has 1 N–H and O–H groups in total. The summed E-state index contributed by atoms with van der Waals surface area (Å²) in [6.45, 7) is 6.89. The molecule has 0 spiro atoms. The summed E-state index contributed by atoms with van der Waals surface area (Å²) in [6, 6.07) is 14.2. The zero-order valence-corrected chi connectivity index (χ0v) is 17.1. The molecule has 0 aliphatic carbocycles. The maximum absolute atomic E-state index is 13.5. The van der Waals surface area contributed by atoms with Gasteiger partial charge in [-0.05, 0) is 73.4 Å². The Kier molecular flexibility index (Phi) is 6.87. The molecule has 1 amide bonds. The molecule has 148 valence electrons. The number of hydrogen-bond acceptors (Lipinski definition) is 2. The molecular weight excluding hydrogens is 375 g/mol. The largest absolute Gasteiger partial charge is 0.339 e. The molecule has 1 atom stereocenters. The van der Waals surface area contributed by atoms with E-state index >= 15 is 0 Å². The van der Waals surface area contributed by atoms with Crippen molar-refractivity contribution in [1.82, 2.24) is 10.2 Å². The Morgan fingerprint density at radius 3 is 2.11 bits per heavy atom. The highest BCUT2D eigenvalue weighted by molar-refractivity contribution is 6.23. The lowest BCUT2D eigenvalue weighted by Crippen LogP contribution is -2.33. The van der Waals surface area contributed by atoms with Gasteiger partial charge in [0.15, 0.2) is 0 Å². The van der Waals surface area contributed by atoms with Crippen molar-refractivity contribution in [1.29, 1.82) is 0 Å². The summed E-state index contributed by atoms with van der Waals surface area (Å²) in [6.07, 6.45) is 0.834. The highest BCUT2D eigenvalue weighted by Crippen LogP contribution is 2.33. The number of amides is 1. The van der Waals surface area contributed by atoms with Crippen molar-refractivity contribution in [2.24, 2.45) is 0 Å². The summed E-state index contributed by atoms with van der Waals surface area (Å²) in [4.78, 5) is 14.4. The molecule has 1 aliphatic heterocycles. The fourth-order valence-electron chi connectivity index (χ4n) is 3.64. The van der Waals surface area contributed by atoms with E-state index in [2.05, 4.69) is 5.32 Å². The van der Waals surface area contributed by atoms with Gasteiger partial charge in [-0.25, -0.2) is 4.39 Å². The Morgan fingerprint density at radius 2 is 1.57 bits per heavy atom. The number of nitrogens with one attached hydrogen (secondary N) is 1. The first-order valence-corrected chi connectivity index (χ1v) is 10.2. The van der Waals surface area contributed by atoms with Crippen LogP contribution in [0.15, 0.2) is 54.1 Å². The van der Waals surface area contributed by atoms with Crippen molar-refractivity contribution >= 4 is 23.1 Å². The first kappa shape index (κ1) is 20.6. The molecule has 0 aromatic heterocycles. The number of carbonyl (C=O) groups excluding carboxylic acids is 1. The smallest absolute Gasteiger partial charge is 0.253 e. The van der Waals surface area contributed by atoms with Crippen LogP contribution in [0, 0.1) is 5.82 Å². The molecule has 1 saturated heterocycles. The average molecular weight is 401 g/mol. The van der Waals surface area contributed by atoms with Crippen LogP contribution in [0.25, 0.3) is 5.57 Å². The quantitative estimate of drug-likeness (QED) is 0.737. The van der Waals surface area contributed by atoms with Crippen LogP contribution in [0.4, 0.5) is 4.39 Å². The van der Waals surface area contributed by atoms with E-state index in [1.165, 1.54) is 12.1 Å². The minimum atomic E-state index is -0.263. The third-order valence-corrected chi connectivity index (χ3v) is 5.62. The summed E-state index contributed by atoms with van der Waals surface area (Å²) < 4.78 is 13.5. The summed E-state index contributed by atoms with van der Waals surface area (Å²) in [5.74, 6) is -0.231. The maximum Gasteiger partial charge on any atom is 0.253 e. The van der Waals surface area contributed by atoms with E-state index in [0.717, 1.165) is 35.2 Å². The zero-order valence-electron chi connectivity index (χ0n) is 16.3. The molecule has 2 aromatic carbocycles. The lowest BCUT2D eigenvalue weighted by Gasteiger charge is -2.26. The third-order valence-electron chi connectivity index (χ3n) is 5.20. The van der Waals surface area contributed by atoms with Crippen molar-refractivity contribution < 1.29 is 9.18 Å². The van der Waals surface area contributed by atoms with Gasteiger partial charge in [-0.15, -0.1) is 11.6 Å². The predicted molar refractivity (Wildman–Crippen MR) is 113 cm³/mol. The van der Waals surface area contributed by atoms with Gasteiger partial charge in [-0.1, -0.05) is 24.3 Å². The van der Waals surface area contributed by atoms with E-state index in [1.807, 2.05) is 38.1 Å². The lowest BCUT2D eigenvalue weighted by molar-refractivity contribution is 0.0773. The van der Waals surface area contributed by atoms with Gasteiger partial charge in [-0.3, -0.25) is 4.79 Å². The molecule has 0 bridgehead atoms. The fourth-order valence-corrected chi connectivity index (χ4v) is 3.97. The number of alkyl halides is 1. The Morgan fingerprint density at radius 1 is 1.04 bits per heavy atom. The van der Waals surface area contributed by atoms with Gasteiger partial charge in [0.2, 0.25) is 0 Å². The van der Waals surface area contributed by atoms with Crippen molar-refractivity contribution in [3.05, 3.63) is 76.6 Å². The summed E-state index contributed by atoms with van der Waals surface area (Å²) in [7, 11) is 0. The highest BCUT2D eigenvalue weighted by atomic mass is 35.5. The molecule has 1 aliphatic rings. The number of nitrogens with zero attached hydrogens (tertiary/aromatic N) is 1. The first-order valence-electron chi connectivity index (χ1n) is 9.78. The number of benzene rings is 2. The van der Waals surface area contributed by atoms with Gasteiger partial charge in [0.1, 0.15) is 5.82 Å². The van der Waals surface area contributed by atoms with Crippen LogP contribution >= 0.6 is 11.6 Å². The molecule has 0 radical (unpaired) electrons. The van der Waals surface area contributed by atoms with E-state index in [-0.39, 0.29) is 17.1 Å². The van der Waals surface area contributed by atoms with Crippen LogP contribution < -0.4 is 5.32 Å². The van der Waals surface area contributed by atoms with Crippen molar-refractivity contribution in [3.63, 3.8) is 0 Å². The number of halogens is 2. The van der Waals surface area contributed by atoms with Crippen LogP contribution in [0.5, 0.6) is 0 Å². The molecule has 1 fully saturated rings. The maximum atomic E-state index is 13.5. The SMILES string of the molecule is CCN(CC)C(=O)c1ccc(C(=C2CCNCC2Cl)c2ccc(F)cc2)cc1. The summed E-state index contributed by atoms with van der Waals surface area (Å²) >= 11 is 6.61. The second-order valence-corrected chi connectivity index (χ2v) is 7.41. The van der Waals surface area contributed by atoms with Gasteiger partial charge < -0.3 is 10.2 Å². The topological polar surface area (TPSA) is 32.3 Å². The van der Waals surface area contributed by atoms with E-state index < -0.39 is 0 Å². The predicted octanol–water partition coefficient (Wildman–Crippen LogP) is 4.71. The minimum absolute atomic E-state index is 0.0321. The van der Waals surface area contributed by atoms with Crippen molar-refractivity contribution in [2.75, 3.05) is 26.2 Å². The normalized spacial score (nSPS) is 18.6. The Balaban J connectivity index is 2.03. The van der Waals surface area contributed by atoms with E-state index in [0.29, 0.717) is 25.2 Å². The molecule has 1 unspecified atom stereocenters. The molecule has 0 saturated carbocycles. The number of hydrogen-bond donors (Lipinski definition) is 1. The molecular formula is C23H26ClFN2O. The molecule has 28 heavy (non-hydrogen) atoms. The summed E-state index contributed by atoms with van der Waals surface area (Å²) in [5, 5.41) is 3.18. The van der Waals surface area contributed by atoms with Gasteiger partial charge in [0.05, 0.1) is 5.38 Å². The van der Waals surface area contributed by atoms with Gasteiger partial charge in [-0.2, -0.15) is 0 Å². The van der Waals surface area contributed by atoms with E-state index in [4.69, 9.17) is 11.6 Å². The van der Waals surface area contributed by atoms with Crippen LogP contribution in [0.1, 0.15) is 41.8 Å². The Hall–Kier alpha value is -2.17. The van der Waals surface area contributed by atoms with Crippen molar-refractivity contribution in [2.45, 2.75) is 25.6 Å². The average Bonchev–Trinajstić information content (AvgIpc) is 2.72. The van der Waals surface area contributed by atoms with E-state index in [1.54, 1.807) is 17.0 Å². The van der Waals surface area contributed by atoms with Gasteiger partial charge in [0.25, 0.3) is 5.91 Å². The number of rotatable bonds is 5. The third kappa shape index (κ3) is 4.45. The van der Waals surface area contributed by atoms with Gasteiger partial charge in [0, 0.05) is 25.2 Å². The van der Waals surface area contributed by atoms with Crippen LogP contribution in [0.3, 0.4) is 0 Å². The summed E-state index contributed by atoms with van der Waals surface area (Å²) in [5.41, 5.74) is 4.78. The van der Waals surface area contributed by atoms with Gasteiger partial charge >= 0.3 is 0 Å². The minimum Gasteiger partial charge on any atom is -0.339 e. The molecule has 2 aromatic rings. The molecule has 5 heteroatoms. The zero-order chi connectivity index (χ0) is 20.1. The highest BCUT2D eigenvalue weighted by Gasteiger charge is 2.22. The fraction of sp³-hybridized carbons (Fsp3) is 0.348. The molecule has 1 heterocycles. The molecule has 3 rings (SSSR count). The lowest BCUT2D eigenvalue weighted by atomic mass is 9.88. The standard InChI is InChI=1S/C23H26ClFN2O/c1-3-27(4-2)23(28)18-7-5-16(6-8-18)22(17-9-11-19(25)12-10-17)20-13-14-26-15-21(20)24/h5-12,21,26H,3-4,13-15H2,1-2H3. The Labute approximate surface area is 171 Å². The Bertz CT molecular complexity index is 842. The second-order valence-electron chi connectivity index (χ2n) is 6.88. The van der Waals surface area contributed by atoms with Crippen LogP contribution in [0.2, 0.25) is 0 Å². The monoisotopic (exact) mass is 400 g/mol. The van der Waals surface area contributed by atoms with Crippen LogP contribution in [-0.4, -0.2) is 42.4 Å². The van der Waals surface area contributed by atoms with E-state index in [9.17, 15) is 9.18 Å². The second kappa shape index (κ2) is 9.35. The number of piperidine rings is 1. The first-order chi connectivity index (χ1) is 13.5. The number of carbonyl (C=O) groups is 1.